The van der Waals surface area contributed by atoms with E-state index in [1.165, 1.54) is 29.4 Å². The Morgan fingerprint density at radius 3 is 1.59 bits per heavy atom. The molecule has 2 aromatic heterocycles. The molecular formula is C16H10N2S4. The smallest absolute Gasteiger partial charge is 0.0700 e. The lowest BCUT2D eigenvalue weighted by molar-refractivity contribution is 1.32. The largest absolute Gasteiger partial charge is 0.264 e. The highest BCUT2D eigenvalue weighted by molar-refractivity contribution is 8.36. The fraction of sp³-hybridized carbons (Fsp3) is 0. The summed E-state index contributed by atoms with van der Waals surface area (Å²) in [5, 5.41) is 4.43. The van der Waals surface area contributed by atoms with Gasteiger partial charge in [-0.2, -0.15) is 0 Å². The summed E-state index contributed by atoms with van der Waals surface area (Å²) in [4.78, 5) is 10.9. The van der Waals surface area contributed by atoms with Crippen LogP contribution in [0.1, 0.15) is 11.1 Å². The standard InChI is InChI=1S/C16H10N2S4/c1-3-11(7-17-5-1)13-9-19-15(21-13)16-20-10-14(22-16)12-4-2-6-18-8-12/h1-10H/b16-15+. The first-order chi connectivity index (χ1) is 10.9. The normalized spacial score (nSPS) is 20.9. The molecule has 108 valence electrons. The van der Waals surface area contributed by atoms with E-state index >= 15 is 0 Å². The number of rotatable bonds is 2. The van der Waals surface area contributed by atoms with Gasteiger partial charge in [0, 0.05) is 45.7 Å². The molecule has 0 amide bonds. The Morgan fingerprint density at radius 1 is 0.682 bits per heavy atom. The fourth-order valence-corrected chi connectivity index (χ4v) is 6.86. The van der Waals surface area contributed by atoms with Gasteiger partial charge in [0.2, 0.25) is 0 Å². The Hall–Kier alpha value is -1.08. The van der Waals surface area contributed by atoms with Gasteiger partial charge in [0.05, 0.1) is 8.47 Å². The van der Waals surface area contributed by atoms with Crippen LogP contribution in [0.3, 0.4) is 0 Å². The minimum Gasteiger partial charge on any atom is -0.264 e. The van der Waals surface area contributed by atoms with Gasteiger partial charge >= 0.3 is 0 Å². The van der Waals surface area contributed by atoms with Crippen LogP contribution in [-0.4, -0.2) is 9.97 Å². The van der Waals surface area contributed by atoms with Gasteiger partial charge in [0.15, 0.2) is 0 Å². The number of hydrogen-bond acceptors (Lipinski definition) is 6. The first-order valence-electron chi connectivity index (χ1n) is 6.54. The van der Waals surface area contributed by atoms with E-state index in [1.54, 1.807) is 23.5 Å². The number of hydrogen-bond donors (Lipinski definition) is 0. The lowest BCUT2D eigenvalue weighted by Crippen LogP contribution is -1.79. The molecule has 0 radical (unpaired) electrons. The van der Waals surface area contributed by atoms with E-state index in [2.05, 4.69) is 32.9 Å². The number of thioether (sulfide) groups is 4. The predicted molar refractivity (Wildman–Crippen MR) is 102 cm³/mol. The minimum absolute atomic E-state index is 1.18. The summed E-state index contributed by atoms with van der Waals surface area (Å²) in [5.74, 6) is 0. The third kappa shape index (κ3) is 3.01. The van der Waals surface area contributed by atoms with Crippen molar-refractivity contribution in [2.75, 3.05) is 0 Å². The van der Waals surface area contributed by atoms with Gasteiger partial charge in [-0.25, -0.2) is 0 Å². The van der Waals surface area contributed by atoms with Crippen LogP contribution in [-0.2, 0) is 0 Å². The summed E-state index contributed by atoms with van der Waals surface area (Å²) >= 11 is 7.27. The van der Waals surface area contributed by atoms with E-state index in [9.17, 15) is 0 Å². The molecule has 0 saturated carbocycles. The lowest BCUT2D eigenvalue weighted by Gasteiger charge is -2.04. The third-order valence-corrected chi connectivity index (χ3v) is 8.37. The molecule has 0 N–H and O–H groups in total. The first-order valence-corrected chi connectivity index (χ1v) is 9.94. The molecule has 0 saturated heterocycles. The summed E-state index contributed by atoms with van der Waals surface area (Å²) in [5.41, 5.74) is 2.37. The zero-order valence-corrected chi connectivity index (χ0v) is 14.6. The SMILES string of the molecule is C1=C(c2cccnc2)S/C(=C2\SC=C(c3cccnc3)S2)S1. The molecule has 2 aliphatic heterocycles. The molecule has 2 aromatic rings. The van der Waals surface area contributed by atoms with Crippen LogP contribution >= 0.6 is 47.0 Å². The van der Waals surface area contributed by atoms with Crippen molar-refractivity contribution in [2.24, 2.45) is 0 Å². The monoisotopic (exact) mass is 358 g/mol. The molecule has 4 heterocycles. The van der Waals surface area contributed by atoms with Crippen LogP contribution in [0, 0.1) is 0 Å². The van der Waals surface area contributed by atoms with E-state index < -0.39 is 0 Å². The van der Waals surface area contributed by atoms with E-state index in [1.807, 2.05) is 60.4 Å². The topological polar surface area (TPSA) is 25.8 Å². The maximum absolute atomic E-state index is 4.20. The maximum Gasteiger partial charge on any atom is 0.0700 e. The molecule has 0 bridgehead atoms. The summed E-state index contributed by atoms with van der Waals surface area (Å²) in [6, 6.07) is 8.17. The van der Waals surface area contributed by atoms with Crippen LogP contribution in [0.25, 0.3) is 9.81 Å². The van der Waals surface area contributed by atoms with E-state index in [4.69, 9.17) is 0 Å². The highest BCUT2D eigenvalue weighted by atomic mass is 32.2. The molecule has 2 aliphatic rings. The van der Waals surface area contributed by atoms with Crippen molar-refractivity contribution < 1.29 is 0 Å². The molecule has 0 fully saturated rings. The van der Waals surface area contributed by atoms with Crippen molar-refractivity contribution in [3.8, 4) is 0 Å². The average Bonchev–Trinajstić information content (AvgIpc) is 3.26. The molecule has 2 nitrogen and oxygen atoms in total. The van der Waals surface area contributed by atoms with Crippen molar-refractivity contribution in [3.63, 3.8) is 0 Å². The van der Waals surface area contributed by atoms with Gasteiger partial charge in [-0.15, -0.1) is 0 Å². The highest BCUT2D eigenvalue weighted by Gasteiger charge is 2.23. The molecule has 4 rings (SSSR count). The van der Waals surface area contributed by atoms with Gasteiger partial charge in [0.1, 0.15) is 0 Å². The lowest BCUT2D eigenvalue weighted by atomic mass is 10.3. The second-order valence-corrected chi connectivity index (χ2v) is 8.84. The second kappa shape index (κ2) is 6.58. The van der Waals surface area contributed by atoms with Crippen LogP contribution in [0.15, 0.2) is 68.3 Å². The van der Waals surface area contributed by atoms with E-state index in [0.29, 0.717) is 0 Å². The van der Waals surface area contributed by atoms with E-state index in [-0.39, 0.29) is 0 Å². The second-order valence-electron chi connectivity index (χ2n) is 4.46. The van der Waals surface area contributed by atoms with Gasteiger partial charge in [0.25, 0.3) is 0 Å². The summed E-state index contributed by atoms with van der Waals surface area (Å²) in [6.07, 6.45) is 7.45. The van der Waals surface area contributed by atoms with Crippen LogP contribution in [0.4, 0.5) is 0 Å². The van der Waals surface area contributed by atoms with Crippen LogP contribution in [0.2, 0.25) is 0 Å². The molecule has 22 heavy (non-hydrogen) atoms. The Bertz CT molecular complexity index is 715. The highest BCUT2D eigenvalue weighted by Crippen LogP contribution is 2.58. The quantitative estimate of drug-likeness (QED) is 0.667. The zero-order chi connectivity index (χ0) is 14.8. The molecule has 0 aromatic carbocycles. The van der Waals surface area contributed by atoms with Crippen molar-refractivity contribution in [2.45, 2.75) is 0 Å². The Morgan fingerprint density at radius 2 is 1.18 bits per heavy atom. The van der Waals surface area contributed by atoms with Crippen molar-refractivity contribution in [1.29, 1.82) is 0 Å². The summed E-state index contributed by atoms with van der Waals surface area (Å²) in [6.45, 7) is 0. The Labute approximate surface area is 146 Å². The molecule has 0 unspecified atom stereocenters. The van der Waals surface area contributed by atoms with Gasteiger partial charge < -0.3 is 0 Å². The van der Waals surface area contributed by atoms with Crippen molar-refractivity contribution in [1.82, 2.24) is 9.97 Å². The Kier molecular flexibility index (Phi) is 4.34. The van der Waals surface area contributed by atoms with Gasteiger partial charge in [-0.05, 0) is 22.9 Å². The molecule has 0 atom stereocenters. The number of nitrogens with zero attached hydrogens (tertiary/aromatic N) is 2. The van der Waals surface area contributed by atoms with Crippen LogP contribution < -0.4 is 0 Å². The maximum atomic E-state index is 4.20. The minimum atomic E-state index is 1.18. The third-order valence-electron chi connectivity index (χ3n) is 3.01. The molecule has 0 spiro atoms. The number of pyridine rings is 2. The molecular weight excluding hydrogens is 348 g/mol. The molecule has 0 aliphatic carbocycles. The Balaban J connectivity index is 1.50. The van der Waals surface area contributed by atoms with Crippen molar-refractivity contribution in [3.05, 3.63) is 79.5 Å². The summed E-state index contributed by atoms with van der Waals surface area (Å²) in [7, 11) is 0. The number of aromatic nitrogens is 2. The van der Waals surface area contributed by atoms with E-state index in [0.717, 1.165) is 0 Å². The summed E-state index contributed by atoms with van der Waals surface area (Å²) < 4.78 is 2.70. The van der Waals surface area contributed by atoms with Crippen LogP contribution in [0.5, 0.6) is 0 Å². The fourth-order valence-electron chi connectivity index (χ4n) is 1.96. The zero-order valence-electron chi connectivity index (χ0n) is 11.3. The van der Waals surface area contributed by atoms with Gasteiger partial charge in [-0.1, -0.05) is 59.2 Å². The first kappa shape index (κ1) is 14.5. The van der Waals surface area contributed by atoms with Crippen molar-refractivity contribution >= 4 is 56.9 Å². The average molecular weight is 359 g/mol. The van der Waals surface area contributed by atoms with Gasteiger partial charge in [-0.3, -0.25) is 9.97 Å². The predicted octanol–water partition coefficient (Wildman–Crippen LogP) is 5.86. The molecule has 6 heteroatoms.